The Balaban J connectivity index is 3.13. The van der Waals surface area contributed by atoms with E-state index in [1.54, 1.807) is 0 Å². The van der Waals surface area contributed by atoms with Crippen molar-refractivity contribution < 1.29 is 5.41 Å². The molecule has 0 fully saturated rings. The highest BCUT2D eigenvalue weighted by molar-refractivity contribution is 9.10. The first kappa shape index (κ1) is 9.26. The molecule has 0 aromatic heterocycles. The van der Waals surface area contributed by atoms with Gasteiger partial charge in [0.2, 0.25) is 0 Å². The van der Waals surface area contributed by atoms with Crippen LogP contribution in [0.3, 0.4) is 0 Å². The molecule has 0 unspecified atom stereocenters. The minimum absolute atomic E-state index is 0.734. The summed E-state index contributed by atoms with van der Waals surface area (Å²) in [6, 6.07) is 5.69. The third kappa shape index (κ3) is 1.85. The fourth-order valence-electron chi connectivity index (χ4n) is 0.997. The summed E-state index contributed by atoms with van der Waals surface area (Å²) < 4.78 is 1.00. The zero-order valence-corrected chi connectivity index (χ0v) is 8.56. The van der Waals surface area contributed by atoms with Gasteiger partial charge in [0.25, 0.3) is 0 Å². The van der Waals surface area contributed by atoms with Gasteiger partial charge >= 0.3 is 0 Å². The first-order valence-electron chi connectivity index (χ1n) is 3.82. The molecule has 3 heteroatoms. The molecule has 0 aliphatic heterocycles. The lowest BCUT2D eigenvalue weighted by molar-refractivity contribution is -0.114. The second kappa shape index (κ2) is 3.72. The lowest BCUT2D eigenvalue weighted by Gasteiger charge is -2.01. The van der Waals surface area contributed by atoms with Crippen LogP contribution in [-0.2, 0) is 0 Å². The van der Waals surface area contributed by atoms with Gasteiger partial charge in [-0.15, -0.1) is 0 Å². The van der Waals surface area contributed by atoms with Crippen LogP contribution in [0.15, 0.2) is 22.7 Å². The maximum Gasteiger partial charge on any atom is 0.181 e. The Morgan fingerprint density at radius 2 is 2.25 bits per heavy atom. The van der Waals surface area contributed by atoms with Crippen molar-refractivity contribution in [2.75, 3.05) is 5.73 Å². The SMILES string of the molecule is CCC(=[NH2+])c1cc(Br)ccc1N. The molecule has 0 radical (unpaired) electrons. The van der Waals surface area contributed by atoms with Crippen molar-refractivity contribution in [2.45, 2.75) is 13.3 Å². The Kier molecular flexibility index (Phi) is 2.87. The predicted octanol–water partition coefficient (Wildman–Crippen LogP) is 0.989. The van der Waals surface area contributed by atoms with Gasteiger partial charge in [-0.1, -0.05) is 22.9 Å². The molecule has 1 aromatic carbocycles. The van der Waals surface area contributed by atoms with Crippen LogP contribution in [0.2, 0.25) is 0 Å². The molecule has 0 amide bonds. The normalized spacial score (nSPS) is 9.83. The largest absolute Gasteiger partial charge is 0.398 e. The van der Waals surface area contributed by atoms with Crippen molar-refractivity contribution in [1.29, 1.82) is 0 Å². The summed E-state index contributed by atoms with van der Waals surface area (Å²) in [7, 11) is 0. The summed E-state index contributed by atoms with van der Waals surface area (Å²) in [5.41, 5.74) is 8.24. The molecular weight excluding hydrogens is 216 g/mol. The van der Waals surface area contributed by atoms with Crippen molar-refractivity contribution in [3.8, 4) is 0 Å². The van der Waals surface area contributed by atoms with Gasteiger partial charge in [-0.05, 0) is 18.2 Å². The smallest absolute Gasteiger partial charge is 0.181 e. The summed E-state index contributed by atoms with van der Waals surface area (Å²) in [4.78, 5) is 0. The zero-order valence-electron chi connectivity index (χ0n) is 6.97. The van der Waals surface area contributed by atoms with E-state index in [1.807, 2.05) is 25.1 Å². The second-order valence-corrected chi connectivity index (χ2v) is 3.53. The average molecular weight is 228 g/mol. The van der Waals surface area contributed by atoms with Crippen molar-refractivity contribution >= 4 is 27.3 Å². The topological polar surface area (TPSA) is 51.6 Å². The number of nitrogens with two attached hydrogens (primary N) is 2. The Hall–Kier alpha value is -0.830. The molecule has 0 saturated heterocycles. The number of halogens is 1. The van der Waals surface area contributed by atoms with Crippen molar-refractivity contribution in [1.82, 2.24) is 0 Å². The zero-order chi connectivity index (χ0) is 9.14. The van der Waals surface area contributed by atoms with Crippen LogP contribution in [0, 0.1) is 0 Å². The van der Waals surface area contributed by atoms with Crippen molar-refractivity contribution in [2.24, 2.45) is 0 Å². The summed E-state index contributed by atoms with van der Waals surface area (Å²) >= 11 is 3.37. The summed E-state index contributed by atoms with van der Waals surface area (Å²) in [5, 5.41) is 5.78. The molecule has 0 saturated carbocycles. The van der Waals surface area contributed by atoms with E-state index >= 15 is 0 Å². The van der Waals surface area contributed by atoms with Crippen molar-refractivity contribution in [3.05, 3.63) is 28.2 Å². The van der Waals surface area contributed by atoms with Gasteiger partial charge in [0.1, 0.15) is 0 Å². The molecular formula is C9H12BrN2+. The number of nitrogen functional groups attached to an aromatic ring is 1. The van der Waals surface area contributed by atoms with Gasteiger partial charge < -0.3 is 5.73 Å². The molecule has 12 heavy (non-hydrogen) atoms. The highest BCUT2D eigenvalue weighted by Crippen LogP contribution is 2.18. The fraction of sp³-hybridized carbons (Fsp3) is 0.222. The van der Waals surface area contributed by atoms with E-state index in [1.165, 1.54) is 0 Å². The lowest BCUT2D eigenvalue weighted by atomic mass is 10.1. The number of rotatable bonds is 2. The molecule has 0 aliphatic rings. The monoisotopic (exact) mass is 227 g/mol. The lowest BCUT2D eigenvalue weighted by Crippen LogP contribution is -2.40. The molecule has 4 N–H and O–H groups in total. The van der Waals surface area contributed by atoms with Crippen LogP contribution in [0.25, 0.3) is 0 Å². The van der Waals surface area contributed by atoms with Crippen LogP contribution in [-0.4, -0.2) is 5.71 Å². The van der Waals surface area contributed by atoms with E-state index in [-0.39, 0.29) is 0 Å². The van der Waals surface area contributed by atoms with E-state index in [4.69, 9.17) is 11.1 Å². The van der Waals surface area contributed by atoms with E-state index < -0.39 is 0 Å². The van der Waals surface area contributed by atoms with Gasteiger partial charge in [0.15, 0.2) is 5.71 Å². The molecule has 0 atom stereocenters. The molecule has 0 heterocycles. The standard InChI is InChI=1S/C9H11BrN2/c1-2-8(11)7-5-6(10)3-4-9(7)12/h3-5,11H,2,12H2,1H3/p+1. The molecule has 0 spiro atoms. The highest BCUT2D eigenvalue weighted by atomic mass is 79.9. The highest BCUT2D eigenvalue weighted by Gasteiger charge is 2.08. The Morgan fingerprint density at radius 1 is 1.58 bits per heavy atom. The predicted molar refractivity (Wildman–Crippen MR) is 54.9 cm³/mol. The number of benzene rings is 1. The van der Waals surface area contributed by atoms with Crippen LogP contribution < -0.4 is 11.1 Å². The number of hydrogen-bond acceptors (Lipinski definition) is 1. The Labute approximate surface area is 80.4 Å². The minimum Gasteiger partial charge on any atom is -0.398 e. The van der Waals surface area contributed by atoms with Crippen LogP contribution in [0.1, 0.15) is 18.9 Å². The van der Waals surface area contributed by atoms with Gasteiger partial charge in [-0.25, -0.2) is 0 Å². The fourth-order valence-corrected chi connectivity index (χ4v) is 1.36. The van der Waals surface area contributed by atoms with Gasteiger partial charge in [-0.2, -0.15) is 0 Å². The van der Waals surface area contributed by atoms with Gasteiger partial charge in [0, 0.05) is 16.6 Å². The average Bonchev–Trinajstić information content (AvgIpc) is 2.08. The first-order chi connectivity index (χ1) is 5.65. The molecule has 2 nitrogen and oxygen atoms in total. The molecule has 0 aliphatic carbocycles. The van der Waals surface area contributed by atoms with E-state index in [2.05, 4.69) is 15.9 Å². The van der Waals surface area contributed by atoms with Gasteiger partial charge in [0.05, 0.1) is 5.56 Å². The third-order valence-corrected chi connectivity index (χ3v) is 2.24. The second-order valence-electron chi connectivity index (χ2n) is 2.61. The van der Waals surface area contributed by atoms with Crippen LogP contribution in [0.5, 0.6) is 0 Å². The number of hydrogen-bond donors (Lipinski definition) is 2. The maximum absolute atomic E-state index is 5.78. The van der Waals surface area contributed by atoms with Crippen LogP contribution >= 0.6 is 15.9 Å². The molecule has 1 aromatic rings. The van der Waals surface area contributed by atoms with Crippen LogP contribution in [0.4, 0.5) is 5.69 Å². The summed E-state index contributed by atoms with van der Waals surface area (Å²) in [5.74, 6) is 0. The third-order valence-electron chi connectivity index (χ3n) is 1.74. The van der Waals surface area contributed by atoms with E-state index in [0.29, 0.717) is 0 Å². The Bertz CT molecular complexity index is 307. The first-order valence-corrected chi connectivity index (χ1v) is 4.61. The minimum atomic E-state index is 0.734. The van der Waals surface area contributed by atoms with E-state index in [0.717, 1.165) is 27.9 Å². The molecule has 1 rings (SSSR count). The Morgan fingerprint density at radius 3 is 2.83 bits per heavy atom. The molecule has 0 bridgehead atoms. The maximum atomic E-state index is 5.78. The molecule has 64 valence electrons. The summed E-state index contributed by atoms with van der Waals surface area (Å²) in [6.07, 6.45) is 0.820. The van der Waals surface area contributed by atoms with Gasteiger partial charge in [-0.3, -0.25) is 5.41 Å². The van der Waals surface area contributed by atoms with E-state index in [9.17, 15) is 0 Å². The van der Waals surface area contributed by atoms with Crippen molar-refractivity contribution in [3.63, 3.8) is 0 Å². The summed E-state index contributed by atoms with van der Waals surface area (Å²) in [6.45, 7) is 2.01. The number of anilines is 1. The quantitative estimate of drug-likeness (QED) is 0.575.